The smallest absolute Gasteiger partial charge is 0.352 e. The van der Waals surface area contributed by atoms with E-state index < -0.39 is 5.97 Å². The number of aromatic nitrogens is 3. The van der Waals surface area contributed by atoms with Gasteiger partial charge in [0, 0.05) is 31.7 Å². The first kappa shape index (κ1) is 10.5. The molecule has 5 nitrogen and oxygen atoms in total. The van der Waals surface area contributed by atoms with Crippen LogP contribution in [0.4, 0.5) is 0 Å². The Kier molecular flexibility index (Phi) is 3.05. The number of aromatic carboxylic acids is 1. The summed E-state index contributed by atoms with van der Waals surface area (Å²) < 4.78 is 3.73. The summed E-state index contributed by atoms with van der Waals surface area (Å²) in [5.74, 6) is -0.882. The Hall–Kier alpha value is -2.04. The summed E-state index contributed by atoms with van der Waals surface area (Å²) in [4.78, 5) is 14.8. The summed E-state index contributed by atoms with van der Waals surface area (Å²) >= 11 is 0. The van der Waals surface area contributed by atoms with Gasteiger partial charge in [0.2, 0.25) is 0 Å². The number of hydrogen-bond donors (Lipinski definition) is 1. The van der Waals surface area contributed by atoms with Crippen molar-refractivity contribution in [1.82, 2.24) is 14.1 Å². The van der Waals surface area contributed by atoms with Crippen LogP contribution in [0, 0.1) is 0 Å². The molecule has 0 fully saturated rings. The summed E-state index contributed by atoms with van der Waals surface area (Å²) in [7, 11) is 0. The molecule has 2 aromatic heterocycles. The molecule has 0 amide bonds. The molecule has 0 saturated carbocycles. The van der Waals surface area contributed by atoms with Crippen molar-refractivity contribution in [1.29, 1.82) is 0 Å². The van der Waals surface area contributed by atoms with Crippen LogP contribution < -0.4 is 0 Å². The highest BCUT2D eigenvalue weighted by Crippen LogP contribution is 2.04. The van der Waals surface area contributed by atoms with Gasteiger partial charge >= 0.3 is 5.97 Å². The van der Waals surface area contributed by atoms with Crippen molar-refractivity contribution in [3.8, 4) is 0 Å². The molecule has 1 N–H and O–H groups in total. The van der Waals surface area contributed by atoms with Gasteiger partial charge in [0.05, 0.1) is 6.33 Å². The molecular weight excluding hydrogens is 206 g/mol. The van der Waals surface area contributed by atoms with Gasteiger partial charge in [-0.05, 0) is 18.6 Å². The van der Waals surface area contributed by atoms with Crippen molar-refractivity contribution in [2.45, 2.75) is 19.5 Å². The highest BCUT2D eigenvalue weighted by molar-refractivity contribution is 5.85. The highest BCUT2D eigenvalue weighted by atomic mass is 16.4. The van der Waals surface area contributed by atoms with Crippen LogP contribution in [0.1, 0.15) is 16.9 Å². The number of imidazole rings is 1. The van der Waals surface area contributed by atoms with E-state index in [-0.39, 0.29) is 0 Å². The molecule has 0 atom stereocenters. The Morgan fingerprint density at radius 3 is 2.94 bits per heavy atom. The Morgan fingerprint density at radius 2 is 2.25 bits per heavy atom. The van der Waals surface area contributed by atoms with E-state index >= 15 is 0 Å². The van der Waals surface area contributed by atoms with E-state index in [0.29, 0.717) is 12.2 Å². The number of aryl methyl sites for hydroxylation is 2. The van der Waals surface area contributed by atoms with Crippen LogP contribution in [0.25, 0.3) is 0 Å². The Balaban J connectivity index is 1.90. The van der Waals surface area contributed by atoms with Gasteiger partial charge in [-0.15, -0.1) is 0 Å². The lowest BCUT2D eigenvalue weighted by Crippen LogP contribution is -2.09. The monoisotopic (exact) mass is 219 g/mol. The minimum Gasteiger partial charge on any atom is -0.477 e. The van der Waals surface area contributed by atoms with Crippen LogP contribution in [0.15, 0.2) is 37.1 Å². The second kappa shape index (κ2) is 4.65. The van der Waals surface area contributed by atoms with Crippen LogP contribution in [-0.2, 0) is 13.1 Å². The summed E-state index contributed by atoms with van der Waals surface area (Å²) in [5.41, 5.74) is 0.339. The summed E-state index contributed by atoms with van der Waals surface area (Å²) in [5, 5.41) is 8.90. The molecule has 5 heteroatoms. The molecule has 0 aliphatic heterocycles. The zero-order chi connectivity index (χ0) is 11.4. The van der Waals surface area contributed by atoms with E-state index in [1.54, 1.807) is 35.4 Å². The summed E-state index contributed by atoms with van der Waals surface area (Å²) in [6.45, 7) is 1.55. The number of carboxylic acids is 1. The third-order valence-corrected chi connectivity index (χ3v) is 2.42. The molecule has 0 aliphatic rings. The average molecular weight is 219 g/mol. The van der Waals surface area contributed by atoms with E-state index in [4.69, 9.17) is 5.11 Å². The van der Waals surface area contributed by atoms with Crippen LogP contribution in [0.5, 0.6) is 0 Å². The molecule has 16 heavy (non-hydrogen) atoms. The molecule has 84 valence electrons. The first-order valence-corrected chi connectivity index (χ1v) is 5.11. The van der Waals surface area contributed by atoms with E-state index in [2.05, 4.69) is 4.98 Å². The fourth-order valence-electron chi connectivity index (χ4n) is 1.65. The average Bonchev–Trinajstić information content (AvgIpc) is 2.87. The third kappa shape index (κ3) is 2.31. The molecule has 2 aromatic rings. The predicted octanol–water partition coefficient (Wildman–Crippen LogP) is 1.47. The van der Waals surface area contributed by atoms with Crippen LogP contribution in [0.2, 0.25) is 0 Å². The maximum Gasteiger partial charge on any atom is 0.352 e. The van der Waals surface area contributed by atoms with Crippen LogP contribution in [0.3, 0.4) is 0 Å². The maximum absolute atomic E-state index is 10.8. The van der Waals surface area contributed by atoms with Crippen LogP contribution in [-0.4, -0.2) is 25.2 Å². The number of carbonyl (C=O) groups is 1. The minimum atomic E-state index is -0.882. The van der Waals surface area contributed by atoms with Gasteiger partial charge in [-0.25, -0.2) is 9.78 Å². The number of hydrogen-bond acceptors (Lipinski definition) is 2. The molecule has 2 rings (SSSR count). The lowest BCUT2D eigenvalue weighted by Gasteiger charge is -2.06. The van der Waals surface area contributed by atoms with E-state index in [1.807, 2.05) is 10.8 Å². The molecule has 0 radical (unpaired) electrons. The second-order valence-electron chi connectivity index (χ2n) is 3.55. The topological polar surface area (TPSA) is 60.0 Å². The predicted molar refractivity (Wildman–Crippen MR) is 58.2 cm³/mol. The number of nitrogens with zero attached hydrogens (tertiary/aromatic N) is 3. The zero-order valence-electron chi connectivity index (χ0n) is 8.78. The molecule has 0 aliphatic carbocycles. The second-order valence-corrected chi connectivity index (χ2v) is 3.55. The van der Waals surface area contributed by atoms with Crippen molar-refractivity contribution in [3.63, 3.8) is 0 Å². The standard InChI is InChI=1S/C11H13N3O2/c15-11(16)10-3-1-6-14(10)7-2-5-13-8-4-12-9-13/h1,3-4,6,8-9H,2,5,7H2,(H,15,16). The Labute approximate surface area is 93.0 Å². The highest BCUT2D eigenvalue weighted by Gasteiger charge is 2.07. The maximum atomic E-state index is 10.8. The van der Waals surface area contributed by atoms with Crippen molar-refractivity contribution in [2.24, 2.45) is 0 Å². The van der Waals surface area contributed by atoms with Gasteiger partial charge in [0.15, 0.2) is 0 Å². The van der Waals surface area contributed by atoms with Crippen molar-refractivity contribution in [2.75, 3.05) is 0 Å². The molecule has 0 unspecified atom stereocenters. The number of rotatable bonds is 5. The first-order valence-electron chi connectivity index (χ1n) is 5.11. The van der Waals surface area contributed by atoms with Crippen molar-refractivity contribution in [3.05, 3.63) is 42.7 Å². The SMILES string of the molecule is O=C(O)c1cccn1CCCn1ccnc1. The van der Waals surface area contributed by atoms with Crippen molar-refractivity contribution < 1.29 is 9.90 Å². The van der Waals surface area contributed by atoms with Crippen molar-refractivity contribution >= 4 is 5.97 Å². The first-order chi connectivity index (χ1) is 7.77. The molecule has 2 heterocycles. The van der Waals surface area contributed by atoms with Gasteiger partial charge in [-0.2, -0.15) is 0 Å². The zero-order valence-corrected chi connectivity index (χ0v) is 8.78. The molecule has 0 bridgehead atoms. The van der Waals surface area contributed by atoms with Crippen LogP contribution >= 0.6 is 0 Å². The minimum absolute atomic E-state index is 0.339. The quantitative estimate of drug-likeness (QED) is 0.828. The summed E-state index contributed by atoms with van der Waals surface area (Å²) in [6.07, 6.45) is 8.06. The van der Waals surface area contributed by atoms with E-state index in [9.17, 15) is 4.79 Å². The molecular formula is C11H13N3O2. The van der Waals surface area contributed by atoms with Gasteiger partial charge in [0.1, 0.15) is 5.69 Å². The van der Waals surface area contributed by atoms with Gasteiger partial charge < -0.3 is 14.2 Å². The summed E-state index contributed by atoms with van der Waals surface area (Å²) in [6, 6.07) is 3.36. The normalized spacial score (nSPS) is 10.5. The third-order valence-electron chi connectivity index (χ3n) is 2.42. The van der Waals surface area contributed by atoms with Gasteiger partial charge in [-0.3, -0.25) is 0 Å². The number of carboxylic acid groups (broad SMARTS) is 1. The molecule has 0 aromatic carbocycles. The van der Waals surface area contributed by atoms with Gasteiger partial charge in [0.25, 0.3) is 0 Å². The lowest BCUT2D eigenvalue weighted by molar-refractivity contribution is 0.0685. The van der Waals surface area contributed by atoms with E-state index in [1.165, 1.54) is 0 Å². The van der Waals surface area contributed by atoms with E-state index in [0.717, 1.165) is 13.0 Å². The largest absolute Gasteiger partial charge is 0.477 e. The molecule has 0 spiro atoms. The fourth-order valence-corrected chi connectivity index (χ4v) is 1.65. The Morgan fingerprint density at radius 1 is 1.38 bits per heavy atom. The fraction of sp³-hybridized carbons (Fsp3) is 0.273. The molecule has 0 saturated heterocycles. The lowest BCUT2D eigenvalue weighted by atomic mass is 10.4. The Bertz CT molecular complexity index is 459. The van der Waals surface area contributed by atoms with Gasteiger partial charge in [-0.1, -0.05) is 0 Å².